The molecule has 4 nitrogen and oxygen atoms in total. The van der Waals surface area contributed by atoms with E-state index in [1.54, 1.807) is 12.4 Å². The second-order valence-electron chi connectivity index (χ2n) is 3.80. The van der Waals surface area contributed by atoms with Crippen LogP contribution in [0.25, 0.3) is 0 Å². The van der Waals surface area contributed by atoms with E-state index in [1.807, 2.05) is 26.0 Å². The third-order valence-electron chi connectivity index (χ3n) is 2.21. The molecule has 0 saturated carbocycles. The predicted molar refractivity (Wildman–Crippen MR) is 64.6 cm³/mol. The van der Waals surface area contributed by atoms with Crippen molar-refractivity contribution in [2.75, 3.05) is 0 Å². The molecule has 90 valence electrons. The smallest absolute Gasteiger partial charge is 0.320 e. The van der Waals surface area contributed by atoms with Crippen molar-refractivity contribution < 1.29 is 9.90 Å². The van der Waals surface area contributed by atoms with E-state index in [4.69, 9.17) is 5.11 Å². The second-order valence-corrected chi connectivity index (χ2v) is 3.80. The number of aliphatic carboxylic acids is 1. The normalized spacial score (nSPS) is 11.9. The Hall–Kier alpha value is -1.13. The van der Waals surface area contributed by atoms with Crippen LogP contribution in [0, 0.1) is 5.92 Å². The van der Waals surface area contributed by atoms with Gasteiger partial charge in [0.1, 0.15) is 6.04 Å². The number of hydrogen-bond acceptors (Lipinski definition) is 3. The third-order valence-corrected chi connectivity index (χ3v) is 2.21. The minimum Gasteiger partial charge on any atom is -0.480 e. The SMILES string of the molecule is CC(C)[C@H](NCc1ccncc1)C(=O)O.Cl. The topological polar surface area (TPSA) is 62.2 Å². The quantitative estimate of drug-likeness (QED) is 0.828. The highest BCUT2D eigenvalue weighted by atomic mass is 35.5. The molecular weight excluding hydrogens is 228 g/mol. The summed E-state index contributed by atoms with van der Waals surface area (Å²) in [5.41, 5.74) is 1.04. The lowest BCUT2D eigenvalue weighted by atomic mass is 10.0. The molecule has 0 radical (unpaired) electrons. The van der Waals surface area contributed by atoms with Gasteiger partial charge in [0, 0.05) is 18.9 Å². The zero-order valence-electron chi connectivity index (χ0n) is 9.38. The van der Waals surface area contributed by atoms with Crippen molar-refractivity contribution in [3.05, 3.63) is 30.1 Å². The van der Waals surface area contributed by atoms with Crippen molar-refractivity contribution in [3.8, 4) is 0 Å². The van der Waals surface area contributed by atoms with Crippen LogP contribution in [0.15, 0.2) is 24.5 Å². The summed E-state index contributed by atoms with van der Waals surface area (Å²) >= 11 is 0. The number of rotatable bonds is 5. The molecule has 1 aromatic rings. The molecule has 16 heavy (non-hydrogen) atoms. The van der Waals surface area contributed by atoms with E-state index in [0.29, 0.717) is 6.54 Å². The van der Waals surface area contributed by atoms with Crippen LogP contribution >= 0.6 is 12.4 Å². The number of carboxylic acids is 1. The number of nitrogens with zero attached hydrogens (tertiary/aromatic N) is 1. The Morgan fingerprint density at radius 2 is 2.00 bits per heavy atom. The molecule has 2 N–H and O–H groups in total. The van der Waals surface area contributed by atoms with Gasteiger partial charge in [-0.3, -0.25) is 9.78 Å². The Bertz CT molecular complexity index is 317. The molecule has 1 atom stereocenters. The van der Waals surface area contributed by atoms with E-state index in [2.05, 4.69) is 10.3 Å². The minimum atomic E-state index is -0.806. The van der Waals surface area contributed by atoms with Gasteiger partial charge in [-0.25, -0.2) is 0 Å². The summed E-state index contributed by atoms with van der Waals surface area (Å²) in [7, 11) is 0. The van der Waals surface area contributed by atoms with Crippen molar-refractivity contribution in [1.29, 1.82) is 0 Å². The standard InChI is InChI=1S/C11H16N2O2.ClH/c1-8(2)10(11(14)15)13-7-9-3-5-12-6-4-9;/h3-6,8,10,13H,7H2,1-2H3,(H,14,15);1H/t10-;/m0./s1. The number of nitrogens with one attached hydrogen (secondary N) is 1. The molecule has 1 heterocycles. The Balaban J connectivity index is 0.00000225. The van der Waals surface area contributed by atoms with Gasteiger partial charge >= 0.3 is 5.97 Å². The van der Waals surface area contributed by atoms with Crippen LogP contribution in [0.2, 0.25) is 0 Å². The van der Waals surface area contributed by atoms with Crippen molar-refractivity contribution in [2.24, 2.45) is 5.92 Å². The summed E-state index contributed by atoms with van der Waals surface area (Å²) in [6.45, 7) is 4.33. The first-order valence-electron chi connectivity index (χ1n) is 4.96. The first kappa shape index (κ1) is 14.9. The maximum absolute atomic E-state index is 10.9. The number of aromatic nitrogens is 1. The maximum Gasteiger partial charge on any atom is 0.320 e. The maximum atomic E-state index is 10.9. The summed E-state index contributed by atoms with van der Waals surface area (Å²) < 4.78 is 0. The van der Waals surface area contributed by atoms with Gasteiger partial charge in [0.15, 0.2) is 0 Å². The molecule has 0 aliphatic rings. The highest BCUT2D eigenvalue weighted by Crippen LogP contribution is 2.03. The van der Waals surface area contributed by atoms with Gasteiger partial charge in [-0.05, 0) is 23.6 Å². The highest BCUT2D eigenvalue weighted by Gasteiger charge is 2.20. The van der Waals surface area contributed by atoms with Crippen LogP contribution < -0.4 is 5.32 Å². The molecule has 0 unspecified atom stereocenters. The van der Waals surface area contributed by atoms with Gasteiger partial charge in [0.25, 0.3) is 0 Å². The molecule has 0 amide bonds. The van der Waals surface area contributed by atoms with E-state index in [1.165, 1.54) is 0 Å². The molecule has 5 heteroatoms. The molecule has 0 aliphatic carbocycles. The molecule has 1 aromatic heterocycles. The second kappa shape index (κ2) is 7.19. The lowest BCUT2D eigenvalue weighted by Gasteiger charge is -2.17. The van der Waals surface area contributed by atoms with Crippen molar-refractivity contribution in [2.45, 2.75) is 26.4 Å². The van der Waals surface area contributed by atoms with Gasteiger partial charge in [0.2, 0.25) is 0 Å². The number of carbonyl (C=O) groups is 1. The Morgan fingerprint density at radius 3 is 2.44 bits per heavy atom. The largest absolute Gasteiger partial charge is 0.480 e. The molecule has 0 spiro atoms. The Labute approximate surface area is 101 Å². The molecule has 0 fully saturated rings. The van der Waals surface area contributed by atoms with E-state index in [0.717, 1.165) is 5.56 Å². The van der Waals surface area contributed by atoms with Crippen LogP contribution in [0.3, 0.4) is 0 Å². The zero-order chi connectivity index (χ0) is 11.3. The zero-order valence-corrected chi connectivity index (χ0v) is 10.2. The molecule has 0 bridgehead atoms. The van der Waals surface area contributed by atoms with Crippen molar-refractivity contribution in [1.82, 2.24) is 10.3 Å². The Morgan fingerprint density at radius 1 is 1.44 bits per heavy atom. The minimum absolute atomic E-state index is 0. The van der Waals surface area contributed by atoms with E-state index in [9.17, 15) is 4.79 Å². The Kier molecular flexibility index (Phi) is 6.69. The fourth-order valence-electron chi connectivity index (χ4n) is 1.34. The number of halogens is 1. The van der Waals surface area contributed by atoms with E-state index >= 15 is 0 Å². The molecule has 0 saturated heterocycles. The lowest BCUT2D eigenvalue weighted by Crippen LogP contribution is -2.40. The van der Waals surface area contributed by atoms with Gasteiger partial charge < -0.3 is 10.4 Å². The third kappa shape index (κ3) is 4.59. The van der Waals surface area contributed by atoms with Crippen LogP contribution in [-0.2, 0) is 11.3 Å². The van der Waals surface area contributed by atoms with Crippen LogP contribution in [-0.4, -0.2) is 22.1 Å². The van der Waals surface area contributed by atoms with Crippen LogP contribution in [0.1, 0.15) is 19.4 Å². The summed E-state index contributed by atoms with van der Waals surface area (Å²) in [6.07, 6.45) is 3.39. The van der Waals surface area contributed by atoms with Gasteiger partial charge in [-0.1, -0.05) is 13.8 Å². The first-order chi connectivity index (χ1) is 7.11. The average Bonchev–Trinajstić information content (AvgIpc) is 2.18. The van der Waals surface area contributed by atoms with Gasteiger partial charge in [-0.15, -0.1) is 12.4 Å². The van der Waals surface area contributed by atoms with Gasteiger partial charge in [-0.2, -0.15) is 0 Å². The summed E-state index contributed by atoms with van der Waals surface area (Å²) in [4.78, 5) is 14.8. The monoisotopic (exact) mass is 244 g/mol. The fourth-order valence-corrected chi connectivity index (χ4v) is 1.34. The molecule has 0 aromatic carbocycles. The number of carboxylic acid groups (broad SMARTS) is 1. The lowest BCUT2D eigenvalue weighted by molar-refractivity contribution is -0.140. The molecule has 0 aliphatic heterocycles. The molecule has 1 rings (SSSR count). The van der Waals surface area contributed by atoms with E-state index in [-0.39, 0.29) is 18.3 Å². The van der Waals surface area contributed by atoms with Crippen LogP contribution in [0.5, 0.6) is 0 Å². The van der Waals surface area contributed by atoms with Crippen LogP contribution in [0.4, 0.5) is 0 Å². The summed E-state index contributed by atoms with van der Waals surface area (Å²) in [5, 5.41) is 12.0. The first-order valence-corrected chi connectivity index (χ1v) is 4.96. The predicted octanol–water partition coefficient (Wildman–Crippen LogP) is 1.70. The number of hydrogen-bond donors (Lipinski definition) is 2. The fraction of sp³-hybridized carbons (Fsp3) is 0.455. The van der Waals surface area contributed by atoms with Crippen molar-refractivity contribution in [3.63, 3.8) is 0 Å². The summed E-state index contributed by atoms with van der Waals surface area (Å²) in [6, 6.07) is 3.23. The number of pyridine rings is 1. The molecular formula is C11H17ClN2O2. The van der Waals surface area contributed by atoms with Gasteiger partial charge in [0.05, 0.1) is 0 Å². The highest BCUT2D eigenvalue weighted by molar-refractivity contribution is 5.85. The summed E-state index contributed by atoms with van der Waals surface area (Å²) in [5.74, 6) is -0.733. The van der Waals surface area contributed by atoms with E-state index < -0.39 is 12.0 Å². The van der Waals surface area contributed by atoms with Crippen molar-refractivity contribution >= 4 is 18.4 Å². The average molecular weight is 245 g/mol.